The van der Waals surface area contributed by atoms with Crippen molar-refractivity contribution in [2.75, 3.05) is 27.2 Å². The number of hydrogen-bond donors (Lipinski definition) is 6. The number of aromatic nitrogens is 2. The van der Waals surface area contributed by atoms with Gasteiger partial charge in [0.2, 0.25) is 23.6 Å². The van der Waals surface area contributed by atoms with Gasteiger partial charge in [-0.05, 0) is 196 Å². The minimum absolute atomic E-state index is 0.0264. The van der Waals surface area contributed by atoms with Gasteiger partial charge in [0.25, 0.3) is 11.8 Å². The highest BCUT2D eigenvalue weighted by molar-refractivity contribution is 5.96. The SMILES string of the molecule is CNC(C)C(=O)NC(C(=O)N1CCCC1c1cncc(-c2ccc(F)cc2CNC(=O)c2ccc(-c3ccc(C(=O)NCc4cc(F)ccc4-c4cncc(C5CCCN5C(=O)C(NC(=O)C(C)NC)C5CCCCC5)c4)cc3)cc2)c1)C1CCCCC1. The molecule has 4 aromatic carbocycles. The van der Waals surface area contributed by atoms with Gasteiger partial charge >= 0.3 is 0 Å². The summed E-state index contributed by atoms with van der Waals surface area (Å²) in [5.74, 6) is -2.06. The van der Waals surface area contributed by atoms with E-state index >= 15 is 0 Å². The van der Waals surface area contributed by atoms with Crippen LogP contribution >= 0.6 is 0 Å². The van der Waals surface area contributed by atoms with Crippen LogP contribution in [0.15, 0.2) is 122 Å². The zero-order valence-electron chi connectivity index (χ0n) is 50.9. The largest absolute Gasteiger partial charge is 0.348 e. The first kappa shape index (κ1) is 62.8. The molecule has 6 unspecified atom stereocenters. The molecule has 2 aliphatic carbocycles. The highest BCUT2D eigenvalue weighted by Gasteiger charge is 2.41. The number of pyridine rings is 2. The van der Waals surface area contributed by atoms with Gasteiger partial charge in [-0.25, -0.2) is 8.78 Å². The molecular weight excluding hydrogens is 1110 g/mol. The molecule has 6 atom stereocenters. The van der Waals surface area contributed by atoms with E-state index in [4.69, 9.17) is 0 Å². The molecule has 0 spiro atoms. The van der Waals surface area contributed by atoms with Crippen LogP contribution in [0.5, 0.6) is 0 Å². The van der Waals surface area contributed by atoms with Gasteiger partial charge < -0.3 is 41.7 Å². The number of carbonyl (C=O) groups is 6. The number of amides is 6. The van der Waals surface area contributed by atoms with Gasteiger partial charge in [-0.1, -0.05) is 74.9 Å². The molecule has 2 aliphatic heterocycles. The molecule has 16 nitrogen and oxygen atoms in total. The maximum Gasteiger partial charge on any atom is 0.251 e. The van der Waals surface area contributed by atoms with Crippen LogP contribution in [0.3, 0.4) is 0 Å². The summed E-state index contributed by atoms with van der Waals surface area (Å²) in [6.07, 6.45) is 19.9. The third kappa shape index (κ3) is 14.8. The monoisotopic (exact) mass is 1200 g/mol. The molecule has 4 heterocycles. The molecular formula is C70H82F2N10O6. The molecule has 10 rings (SSSR count). The minimum atomic E-state index is -0.622. The quantitative estimate of drug-likeness (QED) is 0.0402. The van der Waals surface area contributed by atoms with Crippen molar-refractivity contribution in [3.8, 4) is 33.4 Å². The smallest absolute Gasteiger partial charge is 0.251 e. The van der Waals surface area contributed by atoms with Crippen LogP contribution < -0.4 is 31.9 Å². The molecule has 6 N–H and O–H groups in total. The van der Waals surface area contributed by atoms with Crippen LogP contribution in [-0.4, -0.2) is 107 Å². The Kier molecular flexibility index (Phi) is 20.8. The molecule has 4 fully saturated rings. The van der Waals surface area contributed by atoms with Gasteiger partial charge in [0.1, 0.15) is 23.7 Å². The Balaban J connectivity index is 0.758. The second-order valence-electron chi connectivity index (χ2n) is 24.3. The van der Waals surface area contributed by atoms with Crippen molar-refractivity contribution >= 4 is 35.4 Å². The van der Waals surface area contributed by atoms with Gasteiger partial charge in [-0.2, -0.15) is 0 Å². The van der Waals surface area contributed by atoms with Crippen molar-refractivity contribution in [3.05, 3.63) is 167 Å². The Hall–Kier alpha value is -8.22. The molecule has 0 radical (unpaired) electrons. The Bertz CT molecular complexity index is 3240. The second-order valence-corrected chi connectivity index (χ2v) is 24.3. The molecule has 18 heteroatoms. The number of halogens is 2. The molecule has 6 aromatic rings. The first-order valence-electron chi connectivity index (χ1n) is 31.5. The molecule has 6 amide bonds. The van der Waals surface area contributed by atoms with E-state index in [1.54, 1.807) is 89.1 Å². The van der Waals surface area contributed by atoms with E-state index < -0.39 is 35.8 Å². The van der Waals surface area contributed by atoms with Crippen LogP contribution in [0.1, 0.15) is 159 Å². The number of likely N-dealkylation sites (tertiary alicyclic amines) is 2. The molecule has 88 heavy (non-hydrogen) atoms. The predicted molar refractivity (Wildman–Crippen MR) is 335 cm³/mol. The lowest BCUT2D eigenvalue weighted by molar-refractivity contribution is -0.139. The number of nitrogens with zero attached hydrogens (tertiary/aromatic N) is 4. The van der Waals surface area contributed by atoms with Crippen LogP contribution in [-0.2, 0) is 32.3 Å². The van der Waals surface area contributed by atoms with Crippen molar-refractivity contribution < 1.29 is 37.5 Å². The summed E-state index contributed by atoms with van der Waals surface area (Å²) < 4.78 is 29.9. The van der Waals surface area contributed by atoms with Crippen molar-refractivity contribution in [3.63, 3.8) is 0 Å². The highest BCUT2D eigenvalue weighted by atomic mass is 19.1. The number of likely N-dealkylation sites (N-methyl/N-ethyl adjacent to an activating group) is 2. The molecule has 462 valence electrons. The van der Waals surface area contributed by atoms with E-state index in [0.29, 0.717) is 46.5 Å². The Labute approximate surface area is 514 Å². The van der Waals surface area contributed by atoms with E-state index in [9.17, 15) is 37.5 Å². The van der Waals surface area contributed by atoms with Crippen LogP contribution in [0.4, 0.5) is 8.78 Å². The molecule has 0 bridgehead atoms. The fourth-order valence-corrected chi connectivity index (χ4v) is 13.4. The first-order valence-corrected chi connectivity index (χ1v) is 31.5. The third-order valence-electron chi connectivity index (χ3n) is 18.6. The average molecular weight is 1200 g/mol. The zero-order valence-corrected chi connectivity index (χ0v) is 50.9. The summed E-state index contributed by atoms with van der Waals surface area (Å²) in [6, 6.07) is 24.4. The number of nitrogens with one attached hydrogen (secondary N) is 6. The summed E-state index contributed by atoms with van der Waals surface area (Å²) in [5.41, 5.74) is 8.02. The topological polar surface area (TPSA) is 207 Å². The lowest BCUT2D eigenvalue weighted by Crippen LogP contribution is -2.55. The van der Waals surface area contributed by atoms with Crippen LogP contribution in [0.25, 0.3) is 33.4 Å². The average Bonchev–Trinajstić information content (AvgIpc) is 2.14. The third-order valence-corrected chi connectivity index (χ3v) is 18.6. The predicted octanol–water partition coefficient (Wildman–Crippen LogP) is 10.3. The summed E-state index contributed by atoms with van der Waals surface area (Å²) in [4.78, 5) is 95.6. The fraction of sp³-hybridized carbons (Fsp3) is 0.429. The zero-order chi connectivity index (χ0) is 61.8. The van der Waals surface area contributed by atoms with E-state index in [2.05, 4.69) is 41.9 Å². The standard InChI is InChI=1S/C70H82F2N10O6/c1-43(73-3)65(83)79-63(47-13-7-5-8-14-47)69(87)81-31-11-17-61(81)55-33-51(37-75-39-55)59-29-27-57(71)35-53(59)41-77-67(85)49-23-19-45(20-24-49)46-21-25-50(26-22-46)68(86)78-42-54-36-58(72)28-30-60(54)52-34-56(40-76-38-52)62-18-12-32-82(62)70(88)64(48-15-9-6-10-16-48)80-66(84)44(2)74-4/h19-30,33-40,43-44,47-48,61-64,73-74H,5-18,31-32,41-42H2,1-4H3,(H,77,85)(H,78,86)(H,79,83)(H,80,84). The number of hydrogen-bond acceptors (Lipinski definition) is 10. The van der Waals surface area contributed by atoms with Crippen LogP contribution in [0, 0.1) is 23.5 Å². The second kappa shape index (κ2) is 29.2. The Morgan fingerprint density at radius 2 is 0.864 bits per heavy atom. The molecule has 2 saturated heterocycles. The van der Waals surface area contributed by atoms with Gasteiger partial charge in [0.15, 0.2) is 0 Å². The fourth-order valence-electron chi connectivity index (χ4n) is 13.4. The first-order chi connectivity index (χ1) is 42.7. The highest BCUT2D eigenvalue weighted by Crippen LogP contribution is 2.39. The van der Waals surface area contributed by atoms with Crippen molar-refractivity contribution in [2.24, 2.45) is 11.8 Å². The normalized spacial score (nSPS) is 18.7. The molecule has 4 aliphatic rings. The maximum atomic E-state index is 15.0. The summed E-state index contributed by atoms with van der Waals surface area (Å²) in [5, 5.41) is 18.1. The summed E-state index contributed by atoms with van der Waals surface area (Å²) in [7, 11) is 3.45. The van der Waals surface area contributed by atoms with E-state index in [1.807, 2.05) is 46.2 Å². The van der Waals surface area contributed by atoms with E-state index in [1.165, 1.54) is 24.3 Å². The van der Waals surface area contributed by atoms with Gasteiger partial charge in [0, 0.05) is 73.2 Å². The molecule has 2 saturated carbocycles. The summed E-state index contributed by atoms with van der Waals surface area (Å²) >= 11 is 0. The molecule has 2 aromatic heterocycles. The van der Waals surface area contributed by atoms with Gasteiger partial charge in [-0.3, -0.25) is 38.7 Å². The van der Waals surface area contributed by atoms with Crippen molar-refractivity contribution in [1.29, 1.82) is 0 Å². The number of carbonyl (C=O) groups excluding carboxylic acids is 6. The summed E-state index contributed by atoms with van der Waals surface area (Å²) in [6.45, 7) is 4.74. The van der Waals surface area contributed by atoms with E-state index in [0.717, 1.165) is 123 Å². The maximum absolute atomic E-state index is 15.0. The van der Waals surface area contributed by atoms with Gasteiger partial charge in [0.05, 0.1) is 24.2 Å². The van der Waals surface area contributed by atoms with Crippen LogP contribution in [0.2, 0.25) is 0 Å². The van der Waals surface area contributed by atoms with Crippen molar-refractivity contribution in [2.45, 2.75) is 153 Å². The Morgan fingerprint density at radius 3 is 1.24 bits per heavy atom. The minimum Gasteiger partial charge on any atom is -0.348 e. The number of benzene rings is 4. The van der Waals surface area contributed by atoms with E-state index in [-0.39, 0.29) is 72.5 Å². The Morgan fingerprint density at radius 1 is 0.477 bits per heavy atom. The lowest BCUT2D eigenvalue weighted by Gasteiger charge is -2.35. The number of rotatable bonds is 21. The lowest BCUT2D eigenvalue weighted by atomic mass is 9.83. The van der Waals surface area contributed by atoms with Gasteiger partial charge in [-0.15, -0.1) is 0 Å². The van der Waals surface area contributed by atoms with Crippen molar-refractivity contribution in [1.82, 2.24) is 51.7 Å².